The van der Waals surface area contributed by atoms with Crippen LogP contribution >= 0.6 is 0 Å². The number of hydrogen-bond acceptors (Lipinski definition) is 4. The lowest BCUT2D eigenvalue weighted by atomic mass is 9.73. The minimum atomic E-state index is -0.118. The van der Waals surface area contributed by atoms with Crippen LogP contribution in [0.1, 0.15) is 51.5 Å². The highest BCUT2D eigenvalue weighted by Gasteiger charge is 2.41. The Kier molecular flexibility index (Phi) is 6.01. The normalized spacial score (nSPS) is 26.5. The molecule has 1 saturated heterocycles. The molecule has 0 spiro atoms. The molecule has 1 aromatic carbocycles. The molecule has 2 heterocycles. The number of carbonyl (C=O) groups is 1. The molecule has 162 valence electrons. The fraction of sp³-hybridized carbons (Fsp3) is 0.600. The number of amides is 1. The number of pyridine rings is 1. The number of carbonyl (C=O) groups excluding carboxylic acids is 1. The standard InChI is InChI=1S/C25H35N3O2/c1-17-5-4-6-19-9-12-22(27-23(17)19)28-14-13-21(25(2,3)16-28)24(30)26-20-10-7-18(15-29)8-11-20/h4-6,9,12,18,20-21,29H,7-8,10-11,13-16H2,1-3H3,(H,26,30)/t18-,20+,21-/m1/s1. The van der Waals surface area contributed by atoms with Crippen LogP contribution in [-0.2, 0) is 4.79 Å². The largest absolute Gasteiger partial charge is 0.396 e. The van der Waals surface area contributed by atoms with E-state index in [0.29, 0.717) is 5.92 Å². The summed E-state index contributed by atoms with van der Waals surface area (Å²) >= 11 is 0. The zero-order valence-corrected chi connectivity index (χ0v) is 18.5. The lowest BCUT2D eigenvalue weighted by Crippen LogP contribution is -2.53. The molecule has 4 rings (SSSR count). The van der Waals surface area contributed by atoms with Gasteiger partial charge in [-0.2, -0.15) is 0 Å². The minimum absolute atomic E-state index is 0.0199. The van der Waals surface area contributed by atoms with Crippen LogP contribution in [0.15, 0.2) is 30.3 Å². The SMILES string of the molecule is Cc1cccc2ccc(N3CC[C@H](C(=O)N[C@H]4CC[C@@H](CO)CC4)C(C)(C)C3)nc12. The molecule has 1 aromatic heterocycles. The molecular weight excluding hydrogens is 374 g/mol. The van der Waals surface area contributed by atoms with Crippen LogP contribution in [0.2, 0.25) is 0 Å². The smallest absolute Gasteiger partial charge is 0.224 e. The van der Waals surface area contributed by atoms with Gasteiger partial charge >= 0.3 is 0 Å². The van der Waals surface area contributed by atoms with Gasteiger partial charge in [-0.05, 0) is 68.1 Å². The molecule has 1 aliphatic carbocycles. The van der Waals surface area contributed by atoms with Gasteiger partial charge in [-0.15, -0.1) is 0 Å². The zero-order valence-electron chi connectivity index (χ0n) is 18.5. The van der Waals surface area contributed by atoms with Gasteiger partial charge in [0.15, 0.2) is 0 Å². The number of rotatable bonds is 4. The Labute approximate surface area is 179 Å². The Morgan fingerprint density at radius 1 is 1.17 bits per heavy atom. The number of aliphatic hydroxyl groups is 1. The van der Waals surface area contributed by atoms with Gasteiger partial charge in [-0.1, -0.05) is 32.0 Å². The summed E-state index contributed by atoms with van der Waals surface area (Å²) in [6, 6.07) is 10.8. The molecule has 2 aromatic rings. The monoisotopic (exact) mass is 409 g/mol. The van der Waals surface area contributed by atoms with E-state index in [2.05, 4.69) is 61.3 Å². The summed E-state index contributed by atoms with van der Waals surface area (Å²) in [6.45, 7) is 8.47. The highest BCUT2D eigenvalue weighted by molar-refractivity contribution is 5.83. The summed E-state index contributed by atoms with van der Waals surface area (Å²) in [6.07, 6.45) is 4.83. The van der Waals surface area contributed by atoms with E-state index in [0.717, 1.165) is 56.5 Å². The van der Waals surface area contributed by atoms with Crippen LogP contribution < -0.4 is 10.2 Å². The van der Waals surface area contributed by atoms with E-state index in [1.54, 1.807) is 0 Å². The van der Waals surface area contributed by atoms with E-state index in [1.807, 2.05) is 0 Å². The minimum Gasteiger partial charge on any atom is -0.396 e. The van der Waals surface area contributed by atoms with Crippen LogP contribution in [0.3, 0.4) is 0 Å². The number of fused-ring (bicyclic) bond motifs is 1. The van der Waals surface area contributed by atoms with Crippen molar-refractivity contribution in [1.82, 2.24) is 10.3 Å². The van der Waals surface area contributed by atoms with Crippen molar-refractivity contribution in [2.24, 2.45) is 17.3 Å². The maximum Gasteiger partial charge on any atom is 0.224 e. The first kappa shape index (κ1) is 21.1. The molecule has 1 amide bonds. The number of aryl methyl sites for hydroxylation is 1. The van der Waals surface area contributed by atoms with Crippen LogP contribution in [0.5, 0.6) is 0 Å². The van der Waals surface area contributed by atoms with Gasteiger partial charge in [0.2, 0.25) is 5.91 Å². The Morgan fingerprint density at radius 3 is 2.63 bits per heavy atom. The maximum absolute atomic E-state index is 13.1. The van der Waals surface area contributed by atoms with E-state index >= 15 is 0 Å². The molecule has 2 N–H and O–H groups in total. The van der Waals surface area contributed by atoms with Gasteiger partial charge in [-0.25, -0.2) is 4.98 Å². The van der Waals surface area contributed by atoms with Crippen molar-refractivity contribution in [2.75, 3.05) is 24.6 Å². The number of aliphatic hydroxyl groups excluding tert-OH is 1. The second-order valence-electron chi connectivity index (χ2n) is 9.98. The highest BCUT2D eigenvalue weighted by Crippen LogP contribution is 2.37. The quantitative estimate of drug-likeness (QED) is 0.799. The first-order valence-corrected chi connectivity index (χ1v) is 11.4. The molecule has 5 heteroatoms. The fourth-order valence-corrected chi connectivity index (χ4v) is 5.29. The zero-order chi connectivity index (χ0) is 21.3. The van der Waals surface area contributed by atoms with Gasteiger partial charge < -0.3 is 15.3 Å². The summed E-state index contributed by atoms with van der Waals surface area (Å²) in [4.78, 5) is 20.4. The number of nitrogens with one attached hydrogen (secondary N) is 1. The Bertz CT molecular complexity index is 902. The van der Waals surface area contributed by atoms with Crippen molar-refractivity contribution in [1.29, 1.82) is 0 Å². The maximum atomic E-state index is 13.1. The first-order chi connectivity index (χ1) is 14.4. The van der Waals surface area contributed by atoms with Crippen molar-refractivity contribution >= 4 is 22.6 Å². The number of anilines is 1. The van der Waals surface area contributed by atoms with Gasteiger partial charge in [0.25, 0.3) is 0 Å². The van der Waals surface area contributed by atoms with Gasteiger partial charge in [0, 0.05) is 37.0 Å². The van der Waals surface area contributed by atoms with E-state index in [-0.39, 0.29) is 29.9 Å². The summed E-state index contributed by atoms with van der Waals surface area (Å²) < 4.78 is 0. The third kappa shape index (κ3) is 4.31. The molecule has 5 nitrogen and oxygen atoms in total. The molecule has 2 fully saturated rings. The number of piperidine rings is 1. The predicted octanol–water partition coefficient (Wildman–Crippen LogP) is 4.06. The molecule has 0 bridgehead atoms. The molecule has 0 unspecified atom stereocenters. The van der Waals surface area contributed by atoms with Crippen LogP contribution in [0.4, 0.5) is 5.82 Å². The lowest BCUT2D eigenvalue weighted by Gasteiger charge is -2.44. The van der Waals surface area contributed by atoms with Gasteiger partial charge in [0.05, 0.1) is 5.52 Å². The number of aromatic nitrogens is 1. The summed E-state index contributed by atoms with van der Waals surface area (Å²) in [5.41, 5.74) is 2.14. The first-order valence-electron chi connectivity index (χ1n) is 11.4. The average Bonchev–Trinajstić information content (AvgIpc) is 2.73. The summed E-state index contributed by atoms with van der Waals surface area (Å²) in [7, 11) is 0. The fourth-order valence-electron chi connectivity index (χ4n) is 5.29. The lowest BCUT2D eigenvalue weighted by molar-refractivity contribution is -0.130. The second kappa shape index (κ2) is 8.54. The van der Waals surface area contributed by atoms with E-state index in [1.165, 1.54) is 10.9 Å². The molecule has 1 aliphatic heterocycles. The topological polar surface area (TPSA) is 65.5 Å². The van der Waals surface area contributed by atoms with E-state index in [4.69, 9.17) is 4.98 Å². The molecule has 1 saturated carbocycles. The summed E-state index contributed by atoms with van der Waals surface area (Å²) in [5, 5.41) is 13.8. The number of hydrogen-bond donors (Lipinski definition) is 2. The molecule has 2 aliphatic rings. The Hall–Kier alpha value is -2.14. The molecular formula is C25H35N3O2. The number of nitrogens with zero attached hydrogens (tertiary/aromatic N) is 2. The highest BCUT2D eigenvalue weighted by atomic mass is 16.3. The molecule has 30 heavy (non-hydrogen) atoms. The predicted molar refractivity (Wildman–Crippen MR) is 122 cm³/mol. The Morgan fingerprint density at radius 2 is 1.93 bits per heavy atom. The third-order valence-corrected chi connectivity index (χ3v) is 7.23. The summed E-state index contributed by atoms with van der Waals surface area (Å²) in [5.74, 6) is 1.64. The van der Waals surface area contributed by atoms with Crippen molar-refractivity contribution in [3.63, 3.8) is 0 Å². The van der Waals surface area contributed by atoms with Crippen LogP contribution in [0, 0.1) is 24.2 Å². The van der Waals surface area contributed by atoms with Crippen molar-refractivity contribution in [2.45, 2.75) is 58.9 Å². The Balaban J connectivity index is 1.42. The molecule has 0 radical (unpaired) electrons. The van der Waals surface area contributed by atoms with Gasteiger partial charge in [-0.3, -0.25) is 4.79 Å². The van der Waals surface area contributed by atoms with Crippen molar-refractivity contribution in [3.8, 4) is 0 Å². The van der Waals surface area contributed by atoms with Crippen LogP contribution in [0.25, 0.3) is 10.9 Å². The van der Waals surface area contributed by atoms with Crippen LogP contribution in [-0.4, -0.2) is 41.7 Å². The van der Waals surface area contributed by atoms with Crippen molar-refractivity contribution < 1.29 is 9.90 Å². The van der Waals surface area contributed by atoms with Crippen molar-refractivity contribution in [3.05, 3.63) is 35.9 Å². The third-order valence-electron chi connectivity index (χ3n) is 7.23. The van der Waals surface area contributed by atoms with E-state index in [9.17, 15) is 9.90 Å². The average molecular weight is 410 g/mol. The van der Waals surface area contributed by atoms with E-state index < -0.39 is 0 Å². The number of benzene rings is 1. The number of para-hydroxylation sites is 1. The molecule has 1 atom stereocenters. The van der Waals surface area contributed by atoms with Gasteiger partial charge in [0.1, 0.15) is 5.82 Å². The second-order valence-corrected chi connectivity index (χ2v) is 9.98.